The molecule has 0 aliphatic rings. The maximum Gasteiger partial charge on any atom is 0.0540 e. The van der Waals surface area contributed by atoms with E-state index in [1.807, 2.05) is 0 Å². The van der Waals surface area contributed by atoms with Crippen molar-refractivity contribution < 1.29 is 0 Å². The first-order chi connectivity index (χ1) is 29.3. The van der Waals surface area contributed by atoms with Crippen molar-refractivity contribution in [1.29, 1.82) is 0 Å². The van der Waals surface area contributed by atoms with Crippen molar-refractivity contribution in [3.63, 3.8) is 0 Å². The molecule has 1 heteroatoms. The standard InChI is InChI=1S/C58H39N/c1-4-19-40(20-5-1)45-37-38-56(51-31-14-12-29-48(45)51)59(55-34-18-26-41-21-10-11-27-46(41)55)54-33-17-16-28-47(54)44-35-36-50-49-30-13-15-32-52(49)57(42-22-6-2-7-23-42)58(53(50)39-44)43-24-8-3-9-25-43/h1-39H. The zero-order valence-electron chi connectivity index (χ0n) is 32.5. The number of fused-ring (bicyclic) bond motifs is 5. The molecule has 0 saturated heterocycles. The van der Waals surface area contributed by atoms with Crippen LogP contribution in [0.2, 0.25) is 0 Å². The van der Waals surface area contributed by atoms with E-state index >= 15 is 0 Å². The molecule has 11 aromatic carbocycles. The van der Waals surface area contributed by atoms with E-state index in [1.165, 1.54) is 76.5 Å². The van der Waals surface area contributed by atoms with Crippen LogP contribution in [0.5, 0.6) is 0 Å². The molecule has 0 radical (unpaired) electrons. The normalized spacial score (nSPS) is 11.4. The van der Waals surface area contributed by atoms with Gasteiger partial charge < -0.3 is 4.90 Å². The largest absolute Gasteiger partial charge is 0.309 e. The topological polar surface area (TPSA) is 3.24 Å². The van der Waals surface area contributed by atoms with Gasteiger partial charge in [-0.1, -0.05) is 212 Å². The summed E-state index contributed by atoms with van der Waals surface area (Å²) in [6, 6.07) is 86.3. The summed E-state index contributed by atoms with van der Waals surface area (Å²) < 4.78 is 0. The highest BCUT2D eigenvalue weighted by Gasteiger charge is 2.23. The molecule has 0 heterocycles. The molecule has 0 fully saturated rings. The van der Waals surface area contributed by atoms with Crippen molar-refractivity contribution in [2.45, 2.75) is 0 Å². The first-order valence-corrected chi connectivity index (χ1v) is 20.4. The van der Waals surface area contributed by atoms with E-state index in [0.29, 0.717) is 0 Å². The lowest BCUT2D eigenvalue weighted by molar-refractivity contribution is 1.31. The molecule has 0 aromatic heterocycles. The van der Waals surface area contributed by atoms with Crippen LogP contribution in [0.1, 0.15) is 0 Å². The molecule has 0 unspecified atom stereocenters. The lowest BCUT2D eigenvalue weighted by Gasteiger charge is -2.30. The average Bonchev–Trinajstić information content (AvgIpc) is 3.32. The van der Waals surface area contributed by atoms with Crippen molar-refractivity contribution in [2.24, 2.45) is 0 Å². The third-order valence-corrected chi connectivity index (χ3v) is 11.8. The number of nitrogens with zero attached hydrogens (tertiary/aromatic N) is 1. The van der Waals surface area contributed by atoms with Crippen molar-refractivity contribution >= 4 is 60.2 Å². The highest BCUT2D eigenvalue weighted by molar-refractivity contribution is 6.22. The molecule has 0 aliphatic heterocycles. The van der Waals surface area contributed by atoms with E-state index in [-0.39, 0.29) is 0 Å². The van der Waals surface area contributed by atoms with E-state index in [9.17, 15) is 0 Å². The number of hydrogen-bond donors (Lipinski definition) is 0. The highest BCUT2D eigenvalue weighted by atomic mass is 15.1. The predicted molar refractivity (Wildman–Crippen MR) is 253 cm³/mol. The Morgan fingerprint density at radius 2 is 0.712 bits per heavy atom. The molecule has 0 bridgehead atoms. The SMILES string of the molecule is c1ccc(-c2ccc(N(c3ccccc3-c3ccc4c(c3)c(-c3ccccc3)c(-c3ccccc3)c3ccccc34)c3cccc4ccccc34)c3ccccc23)cc1. The van der Waals surface area contributed by atoms with Gasteiger partial charge in [0.1, 0.15) is 0 Å². The van der Waals surface area contributed by atoms with Gasteiger partial charge >= 0.3 is 0 Å². The molecule has 0 spiro atoms. The van der Waals surface area contributed by atoms with Gasteiger partial charge in [-0.15, -0.1) is 0 Å². The molecule has 0 N–H and O–H groups in total. The average molecular weight is 750 g/mol. The minimum Gasteiger partial charge on any atom is -0.309 e. The number of benzene rings is 11. The van der Waals surface area contributed by atoms with Crippen molar-refractivity contribution in [1.82, 2.24) is 0 Å². The molecule has 0 atom stereocenters. The summed E-state index contributed by atoms with van der Waals surface area (Å²) in [6.07, 6.45) is 0. The van der Waals surface area contributed by atoms with E-state index in [1.54, 1.807) is 0 Å². The highest BCUT2D eigenvalue weighted by Crippen LogP contribution is 2.49. The summed E-state index contributed by atoms with van der Waals surface area (Å²) in [5.74, 6) is 0. The Morgan fingerprint density at radius 1 is 0.220 bits per heavy atom. The van der Waals surface area contributed by atoms with Crippen LogP contribution in [0.3, 0.4) is 0 Å². The first kappa shape index (κ1) is 34.5. The zero-order valence-corrected chi connectivity index (χ0v) is 32.5. The van der Waals surface area contributed by atoms with Crippen LogP contribution in [-0.2, 0) is 0 Å². The minimum atomic E-state index is 1.12. The monoisotopic (exact) mass is 749 g/mol. The second-order valence-corrected chi connectivity index (χ2v) is 15.2. The summed E-state index contributed by atoms with van der Waals surface area (Å²) in [5.41, 5.74) is 13.1. The van der Waals surface area contributed by atoms with Gasteiger partial charge in [0.2, 0.25) is 0 Å². The van der Waals surface area contributed by atoms with E-state index < -0.39 is 0 Å². The summed E-state index contributed by atoms with van der Waals surface area (Å²) in [4.78, 5) is 2.49. The lowest BCUT2D eigenvalue weighted by atomic mass is 9.84. The summed E-state index contributed by atoms with van der Waals surface area (Å²) >= 11 is 0. The van der Waals surface area contributed by atoms with Crippen LogP contribution in [0.15, 0.2) is 237 Å². The molecule has 11 aromatic rings. The molecule has 0 amide bonds. The van der Waals surface area contributed by atoms with Crippen LogP contribution in [0.25, 0.3) is 87.6 Å². The van der Waals surface area contributed by atoms with Gasteiger partial charge in [-0.2, -0.15) is 0 Å². The smallest absolute Gasteiger partial charge is 0.0540 e. The number of hydrogen-bond acceptors (Lipinski definition) is 1. The second kappa shape index (κ2) is 14.6. The van der Waals surface area contributed by atoms with Crippen molar-refractivity contribution in [3.05, 3.63) is 237 Å². The van der Waals surface area contributed by atoms with E-state index in [4.69, 9.17) is 0 Å². The second-order valence-electron chi connectivity index (χ2n) is 15.2. The Kier molecular flexibility index (Phi) is 8.56. The minimum absolute atomic E-state index is 1.12. The molecule has 59 heavy (non-hydrogen) atoms. The third-order valence-electron chi connectivity index (χ3n) is 11.8. The van der Waals surface area contributed by atoms with Gasteiger partial charge in [-0.3, -0.25) is 0 Å². The predicted octanol–water partition coefficient (Wildman–Crippen LogP) is 16.4. The Hall–Kier alpha value is -7.74. The molecule has 0 saturated carbocycles. The van der Waals surface area contributed by atoms with Gasteiger partial charge in [0.05, 0.1) is 17.1 Å². The van der Waals surface area contributed by atoms with Gasteiger partial charge in [0.15, 0.2) is 0 Å². The zero-order chi connectivity index (χ0) is 39.1. The summed E-state index contributed by atoms with van der Waals surface area (Å²) in [6.45, 7) is 0. The third kappa shape index (κ3) is 5.95. The fourth-order valence-electron chi connectivity index (χ4n) is 9.22. The van der Waals surface area contributed by atoms with Gasteiger partial charge in [0, 0.05) is 16.3 Å². The van der Waals surface area contributed by atoms with Crippen LogP contribution in [-0.4, -0.2) is 0 Å². The number of para-hydroxylation sites is 1. The first-order valence-electron chi connectivity index (χ1n) is 20.4. The molecular formula is C58H39N. The summed E-state index contributed by atoms with van der Waals surface area (Å²) in [7, 11) is 0. The maximum atomic E-state index is 2.49. The lowest BCUT2D eigenvalue weighted by Crippen LogP contribution is -2.12. The van der Waals surface area contributed by atoms with Crippen molar-refractivity contribution in [2.75, 3.05) is 4.90 Å². The van der Waals surface area contributed by atoms with Gasteiger partial charge in [0.25, 0.3) is 0 Å². The molecule has 0 aliphatic carbocycles. The fourth-order valence-corrected chi connectivity index (χ4v) is 9.22. The fraction of sp³-hybridized carbons (Fsp3) is 0. The van der Waals surface area contributed by atoms with Crippen molar-refractivity contribution in [3.8, 4) is 44.5 Å². The van der Waals surface area contributed by atoms with Crippen LogP contribution in [0.4, 0.5) is 17.1 Å². The quantitative estimate of drug-likeness (QED) is 0.147. The Balaban J connectivity index is 1.21. The Bertz CT molecular complexity index is 3310. The molecule has 276 valence electrons. The van der Waals surface area contributed by atoms with E-state index in [2.05, 4.69) is 241 Å². The maximum absolute atomic E-state index is 2.49. The van der Waals surface area contributed by atoms with Gasteiger partial charge in [-0.05, 0) is 95.5 Å². The van der Waals surface area contributed by atoms with Crippen LogP contribution < -0.4 is 4.90 Å². The molecule has 11 rings (SSSR count). The van der Waals surface area contributed by atoms with E-state index in [0.717, 1.165) is 28.2 Å². The summed E-state index contributed by atoms with van der Waals surface area (Å²) in [5, 5.41) is 9.80. The van der Waals surface area contributed by atoms with Gasteiger partial charge in [-0.25, -0.2) is 0 Å². The number of rotatable bonds is 7. The van der Waals surface area contributed by atoms with Crippen LogP contribution in [0, 0.1) is 0 Å². The number of anilines is 3. The van der Waals surface area contributed by atoms with Crippen LogP contribution >= 0.6 is 0 Å². The Labute approximate surface area is 344 Å². The molecular weight excluding hydrogens is 711 g/mol. The molecule has 1 nitrogen and oxygen atoms in total. The Morgan fingerprint density at radius 3 is 1.44 bits per heavy atom.